The van der Waals surface area contributed by atoms with Crippen molar-refractivity contribution in [3.63, 3.8) is 0 Å². The fourth-order valence-electron chi connectivity index (χ4n) is 2.52. The Morgan fingerprint density at radius 3 is 2.58 bits per heavy atom. The highest BCUT2D eigenvalue weighted by molar-refractivity contribution is 5.80. The quantitative estimate of drug-likeness (QED) is 0.688. The summed E-state index contributed by atoms with van der Waals surface area (Å²) in [5.41, 5.74) is 3.24. The normalized spacial score (nSPS) is 11.1. The van der Waals surface area contributed by atoms with Crippen LogP contribution in [0.25, 0.3) is 16.6 Å². The largest absolute Gasteiger partial charge is 0.274 e. The first-order chi connectivity index (χ1) is 9.22. The average Bonchev–Trinajstić information content (AvgIpc) is 2.72. The average molecular weight is 252 g/mol. The lowest BCUT2D eigenvalue weighted by atomic mass is 10.2. The molecule has 19 heavy (non-hydrogen) atoms. The van der Waals surface area contributed by atoms with Gasteiger partial charge in [-0.25, -0.2) is 4.68 Å². The molecule has 0 aliphatic carbocycles. The van der Waals surface area contributed by atoms with Crippen molar-refractivity contribution in [3.8, 4) is 5.69 Å². The van der Waals surface area contributed by atoms with E-state index in [4.69, 9.17) is 0 Å². The number of para-hydroxylation sites is 1. The van der Waals surface area contributed by atoms with E-state index in [9.17, 15) is 4.79 Å². The number of nitrogens with zero attached hydrogens (tertiary/aromatic N) is 2. The van der Waals surface area contributed by atoms with Crippen LogP contribution in [-0.2, 0) is 6.54 Å². The Morgan fingerprint density at radius 2 is 1.84 bits per heavy atom. The van der Waals surface area contributed by atoms with Gasteiger partial charge in [0.05, 0.1) is 16.6 Å². The van der Waals surface area contributed by atoms with Crippen molar-refractivity contribution >= 4 is 10.9 Å². The summed E-state index contributed by atoms with van der Waals surface area (Å²) in [7, 11) is 0. The minimum atomic E-state index is 0.0691. The number of hydrogen-bond acceptors (Lipinski definition) is 1. The van der Waals surface area contributed by atoms with Gasteiger partial charge in [0, 0.05) is 6.54 Å². The third kappa shape index (κ3) is 1.78. The monoisotopic (exact) mass is 252 g/mol. The van der Waals surface area contributed by atoms with E-state index in [1.54, 1.807) is 4.68 Å². The fraction of sp³-hybridized carbons (Fsp3) is 0.188. The molecule has 0 amide bonds. The van der Waals surface area contributed by atoms with Gasteiger partial charge >= 0.3 is 0 Å². The molecule has 3 rings (SSSR count). The summed E-state index contributed by atoms with van der Waals surface area (Å²) in [4.78, 5) is 12.4. The molecular formula is C16H16N2O. The molecule has 0 bridgehead atoms. The summed E-state index contributed by atoms with van der Waals surface area (Å²) in [6.07, 6.45) is 0. The van der Waals surface area contributed by atoms with Gasteiger partial charge in [-0.15, -0.1) is 0 Å². The second kappa shape index (κ2) is 4.43. The number of fused-ring (bicyclic) bond motifs is 1. The first kappa shape index (κ1) is 11.8. The predicted octanol–water partition coefficient (Wildman–Crippen LogP) is 3.12. The molecule has 96 valence electrons. The zero-order valence-electron chi connectivity index (χ0n) is 11.1. The topological polar surface area (TPSA) is 26.9 Å². The number of aromatic nitrogens is 2. The van der Waals surface area contributed by atoms with Crippen LogP contribution in [-0.4, -0.2) is 9.36 Å². The zero-order chi connectivity index (χ0) is 13.4. The van der Waals surface area contributed by atoms with Crippen molar-refractivity contribution in [2.45, 2.75) is 20.4 Å². The van der Waals surface area contributed by atoms with Crippen molar-refractivity contribution in [2.24, 2.45) is 0 Å². The molecule has 0 saturated carbocycles. The van der Waals surface area contributed by atoms with Gasteiger partial charge in [-0.2, -0.15) is 0 Å². The summed E-state index contributed by atoms with van der Waals surface area (Å²) in [6, 6.07) is 16.0. The van der Waals surface area contributed by atoms with Gasteiger partial charge in [-0.05, 0) is 43.7 Å². The van der Waals surface area contributed by atoms with Crippen molar-refractivity contribution < 1.29 is 0 Å². The van der Waals surface area contributed by atoms with E-state index in [-0.39, 0.29) is 5.56 Å². The molecule has 0 N–H and O–H groups in total. The molecule has 3 nitrogen and oxygen atoms in total. The number of hydrogen-bond donors (Lipinski definition) is 0. The lowest BCUT2D eigenvalue weighted by Crippen LogP contribution is -2.21. The zero-order valence-corrected chi connectivity index (χ0v) is 11.1. The summed E-state index contributed by atoms with van der Waals surface area (Å²) >= 11 is 0. The molecule has 0 saturated heterocycles. The van der Waals surface area contributed by atoms with E-state index in [1.165, 1.54) is 5.56 Å². The molecular weight excluding hydrogens is 236 g/mol. The number of aryl methyl sites for hydroxylation is 1. The van der Waals surface area contributed by atoms with Crippen LogP contribution < -0.4 is 5.56 Å². The molecule has 0 atom stereocenters. The summed E-state index contributed by atoms with van der Waals surface area (Å²) in [5, 5.41) is 0.769. The van der Waals surface area contributed by atoms with E-state index in [0.29, 0.717) is 6.54 Å². The summed E-state index contributed by atoms with van der Waals surface area (Å²) < 4.78 is 3.78. The molecule has 0 radical (unpaired) electrons. The second-order valence-electron chi connectivity index (χ2n) is 4.69. The number of benzene rings is 2. The van der Waals surface area contributed by atoms with Gasteiger partial charge < -0.3 is 0 Å². The Bertz CT molecular complexity index is 796. The first-order valence-electron chi connectivity index (χ1n) is 6.50. The summed E-state index contributed by atoms with van der Waals surface area (Å²) in [5.74, 6) is 0. The van der Waals surface area contributed by atoms with Crippen LogP contribution in [0, 0.1) is 6.92 Å². The Labute approximate surface area is 111 Å². The standard InChI is InChI=1S/C16H16N2O/c1-3-17-16(19)14-9-4-5-10-15(14)18(17)13-8-6-7-12(2)11-13/h4-11H,3H2,1-2H3. The van der Waals surface area contributed by atoms with Crippen molar-refractivity contribution in [3.05, 3.63) is 64.4 Å². The molecule has 1 aromatic heterocycles. The predicted molar refractivity (Wildman–Crippen MR) is 77.9 cm³/mol. The van der Waals surface area contributed by atoms with Gasteiger partial charge in [0.25, 0.3) is 5.56 Å². The highest BCUT2D eigenvalue weighted by Crippen LogP contribution is 2.18. The van der Waals surface area contributed by atoms with E-state index in [0.717, 1.165) is 16.6 Å². The van der Waals surface area contributed by atoms with E-state index < -0.39 is 0 Å². The Balaban J connectivity index is 2.43. The van der Waals surface area contributed by atoms with Crippen LogP contribution in [0.5, 0.6) is 0 Å². The van der Waals surface area contributed by atoms with Gasteiger partial charge in [0.1, 0.15) is 0 Å². The van der Waals surface area contributed by atoms with Crippen LogP contribution >= 0.6 is 0 Å². The van der Waals surface area contributed by atoms with Crippen LogP contribution in [0.1, 0.15) is 12.5 Å². The first-order valence-corrected chi connectivity index (χ1v) is 6.50. The molecule has 0 fully saturated rings. The number of rotatable bonds is 2. The molecule has 2 aromatic carbocycles. The van der Waals surface area contributed by atoms with Crippen molar-refractivity contribution in [1.82, 2.24) is 9.36 Å². The third-order valence-electron chi connectivity index (χ3n) is 3.38. The molecule has 0 aliphatic heterocycles. The van der Waals surface area contributed by atoms with Gasteiger partial charge in [0.15, 0.2) is 0 Å². The molecule has 0 aliphatic rings. The van der Waals surface area contributed by atoms with Gasteiger partial charge in [-0.1, -0.05) is 24.3 Å². The maximum absolute atomic E-state index is 12.4. The van der Waals surface area contributed by atoms with Crippen LogP contribution in [0.4, 0.5) is 0 Å². The van der Waals surface area contributed by atoms with E-state index >= 15 is 0 Å². The highest BCUT2D eigenvalue weighted by Gasteiger charge is 2.12. The highest BCUT2D eigenvalue weighted by atomic mass is 16.1. The Hall–Kier alpha value is -2.29. The van der Waals surface area contributed by atoms with Crippen LogP contribution in [0.15, 0.2) is 53.3 Å². The van der Waals surface area contributed by atoms with Gasteiger partial charge in [-0.3, -0.25) is 9.48 Å². The maximum Gasteiger partial charge on any atom is 0.274 e. The molecule has 1 heterocycles. The van der Waals surface area contributed by atoms with E-state index in [1.807, 2.05) is 48.0 Å². The maximum atomic E-state index is 12.4. The Morgan fingerprint density at radius 1 is 1.05 bits per heavy atom. The van der Waals surface area contributed by atoms with Crippen LogP contribution in [0.2, 0.25) is 0 Å². The summed E-state index contributed by atoms with van der Waals surface area (Å²) in [6.45, 7) is 4.71. The molecule has 3 aromatic rings. The third-order valence-corrected chi connectivity index (χ3v) is 3.38. The lowest BCUT2D eigenvalue weighted by Gasteiger charge is -2.11. The van der Waals surface area contributed by atoms with Crippen molar-refractivity contribution in [2.75, 3.05) is 0 Å². The Kier molecular flexibility index (Phi) is 2.75. The SMILES string of the molecule is CCn1c(=O)c2ccccc2n1-c1cccc(C)c1. The van der Waals surface area contributed by atoms with Gasteiger partial charge in [0.2, 0.25) is 0 Å². The van der Waals surface area contributed by atoms with E-state index in [2.05, 4.69) is 19.1 Å². The lowest BCUT2D eigenvalue weighted by molar-refractivity contribution is 0.577. The molecule has 0 unspecified atom stereocenters. The molecule has 0 spiro atoms. The van der Waals surface area contributed by atoms with Crippen LogP contribution in [0.3, 0.4) is 0 Å². The molecule has 3 heteroatoms. The fourth-order valence-corrected chi connectivity index (χ4v) is 2.52. The second-order valence-corrected chi connectivity index (χ2v) is 4.69. The smallest absolute Gasteiger partial charge is 0.267 e. The minimum absolute atomic E-state index is 0.0691. The van der Waals surface area contributed by atoms with Crippen molar-refractivity contribution in [1.29, 1.82) is 0 Å². The minimum Gasteiger partial charge on any atom is -0.267 e.